The van der Waals surface area contributed by atoms with Crippen LogP contribution in [0.5, 0.6) is 0 Å². The Balaban J connectivity index is 1.74. The number of hydrogen-bond acceptors (Lipinski definition) is 4. The molecule has 2 rings (SSSR count). The number of nitrogen functional groups attached to an aromatic ring is 1. The van der Waals surface area contributed by atoms with Gasteiger partial charge in [0.1, 0.15) is 12.4 Å². The smallest absolute Gasteiger partial charge is 0.407 e. The van der Waals surface area contributed by atoms with E-state index in [0.717, 1.165) is 22.4 Å². The number of nitrogens with one attached hydrogen (secondary N) is 1. The van der Waals surface area contributed by atoms with E-state index < -0.39 is 6.09 Å². The number of aryl methyl sites for hydroxylation is 2. The summed E-state index contributed by atoms with van der Waals surface area (Å²) in [7, 11) is 0. The molecular weight excluding hydrogens is 302 g/mol. The summed E-state index contributed by atoms with van der Waals surface area (Å²) in [6, 6.07) is 11.3. The summed E-state index contributed by atoms with van der Waals surface area (Å²) in [4.78, 5) is 15.8. The summed E-state index contributed by atoms with van der Waals surface area (Å²) < 4.78 is 5.12. The molecule has 5 nitrogen and oxygen atoms in total. The number of nitrogens with two attached hydrogens (primary N) is 1. The van der Waals surface area contributed by atoms with E-state index in [1.54, 1.807) is 6.07 Å². The van der Waals surface area contributed by atoms with Gasteiger partial charge in [0, 0.05) is 18.5 Å². The molecule has 3 N–H and O–H groups in total. The molecule has 5 heteroatoms. The van der Waals surface area contributed by atoms with Gasteiger partial charge in [-0.25, -0.2) is 9.78 Å². The van der Waals surface area contributed by atoms with E-state index >= 15 is 0 Å². The van der Waals surface area contributed by atoms with E-state index in [4.69, 9.17) is 10.5 Å². The molecule has 0 aliphatic carbocycles. The first kappa shape index (κ1) is 17.4. The lowest BCUT2D eigenvalue weighted by Gasteiger charge is -2.05. The van der Waals surface area contributed by atoms with Crippen LogP contribution in [0.1, 0.15) is 28.8 Å². The summed E-state index contributed by atoms with van der Waals surface area (Å²) in [6.07, 6.45) is 0.0890. The zero-order valence-corrected chi connectivity index (χ0v) is 13.9. The monoisotopic (exact) mass is 323 g/mol. The summed E-state index contributed by atoms with van der Waals surface area (Å²) in [6.45, 7) is 4.52. The van der Waals surface area contributed by atoms with Crippen molar-refractivity contribution in [3.05, 3.63) is 58.8 Å². The molecule has 0 saturated carbocycles. The number of rotatable bonds is 4. The molecule has 0 aliphatic rings. The molecule has 0 spiro atoms. The van der Waals surface area contributed by atoms with Gasteiger partial charge in [-0.15, -0.1) is 0 Å². The van der Waals surface area contributed by atoms with Gasteiger partial charge in [-0.05, 0) is 31.0 Å². The molecule has 1 amide bonds. The van der Waals surface area contributed by atoms with Crippen molar-refractivity contribution in [1.29, 1.82) is 0 Å². The van der Waals surface area contributed by atoms with Crippen LogP contribution >= 0.6 is 0 Å². The van der Waals surface area contributed by atoms with Crippen LogP contribution in [0.3, 0.4) is 0 Å². The Morgan fingerprint density at radius 2 is 2.04 bits per heavy atom. The molecule has 0 bridgehead atoms. The lowest BCUT2D eigenvalue weighted by atomic mass is 10.1. The predicted octanol–water partition coefficient (Wildman–Crippen LogP) is 2.95. The lowest BCUT2D eigenvalue weighted by Crippen LogP contribution is -2.24. The Morgan fingerprint density at radius 3 is 2.75 bits per heavy atom. The van der Waals surface area contributed by atoms with Crippen LogP contribution in [0.15, 0.2) is 36.4 Å². The highest BCUT2D eigenvalue weighted by molar-refractivity contribution is 5.67. The van der Waals surface area contributed by atoms with Gasteiger partial charge in [0.15, 0.2) is 0 Å². The SMILES string of the molecule is Cc1cc(N)nc(C)c1C#CCCNC(=O)OCc1ccccc1. The number of carbonyl (C=O) groups excluding carboxylic acids is 1. The van der Waals surface area contributed by atoms with Gasteiger partial charge in [-0.2, -0.15) is 0 Å². The number of aromatic nitrogens is 1. The standard InChI is InChI=1S/C19H21N3O2/c1-14-12-18(20)22-15(2)17(14)10-6-7-11-21-19(23)24-13-16-8-4-3-5-9-16/h3-5,8-9,12H,7,11,13H2,1-2H3,(H2,20,22)(H,21,23). The number of alkyl carbamates (subject to hydrolysis) is 1. The molecule has 0 fully saturated rings. The number of pyridine rings is 1. The maximum Gasteiger partial charge on any atom is 0.407 e. The second kappa shape index (κ2) is 8.59. The number of hydrogen-bond donors (Lipinski definition) is 2. The van der Waals surface area contributed by atoms with Crippen molar-refractivity contribution in [2.24, 2.45) is 0 Å². The minimum Gasteiger partial charge on any atom is -0.445 e. The number of nitrogens with zero attached hydrogens (tertiary/aromatic N) is 1. The summed E-state index contributed by atoms with van der Waals surface area (Å²) in [5.41, 5.74) is 9.34. The van der Waals surface area contributed by atoms with Gasteiger partial charge >= 0.3 is 6.09 Å². The first-order valence-corrected chi connectivity index (χ1v) is 7.73. The molecule has 0 radical (unpaired) electrons. The van der Waals surface area contributed by atoms with Crippen molar-refractivity contribution in [1.82, 2.24) is 10.3 Å². The van der Waals surface area contributed by atoms with E-state index in [1.807, 2.05) is 44.2 Å². The van der Waals surface area contributed by atoms with E-state index in [2.05, 4.69) is 22.1 Å². The highest BCUT2D eigenvalue weighted by atomic mass is 16.5. The van der Waals surface area contributed by atoms with Crippen LogP contribution in [0, 0.1) is 25.7 Å². The summed E-state index contributed by atoms with van der Waals surface area (Å²) in [5.74, 6) is 6.61. The average molecular weight is 323 g/mol. The molecule has 24 heavy (non-hydrogen) atoms. The van der Waals surface area contributed by atoms with E-state index in [9.17, 15) is 4.79 Å². The molecule has 0 atom stereocenters. The minimum absolute atomic E-state index is 0.258. The highest BCUT2D eigenvalue weighted by Gasteiger charge is 2.03. The van der Waals surface area contributed by atoms with Gasteiger partial charge in [-0.3, -0.25) is 0 Å². The van der Waals surface area contributed by atoms with Gasteiger partial charge in [0.25, 0.3) is 0 Å². The fourth-order valence-electron chi connectivity index (χ4n) is 2.20. The third-order valence-electron chi connectivity index (χ3n) is 3.36. The average Bonchev–Trinajstić information content (AvgIpc) is 2.55. The normalized spacial score (nSPS) is 9.75. The quantitative estimate of drug-likeness (QED) is 0.670. The highest BCUT2D eigenvalue weighted by Crippen LogP contribution is 2.13. The first-order valence-electron chi connectivity index (χ1n) is 7.73. The maximum absolute atomic E-state index is 11.6. The Kier molecular flexibility index (Phi) is 6.21. The van der Waals surface area contributed by atoms with Crippen LogP contribution in [-0.2, 0) is 11.3 Å². The predicted molar refractivity (Wildman–Crippen MR) is 94.2 cm³/mol. The molecule has 2 aromatic rings. The second-order valence-corrected chi connectivity index (χ2v) is 5.36. The number of amides is 1. The van der Waals surface area contributed by atoms with Crippen LogP contribution < -0.4 is 11.1 Å². The minimum atomic E-state index is -0.442. The van der Waals surface area contributed by atoms with Crippen molar-refractivity contribution >= 4 is 11.9 Å². The van der Waals surface area contributed by atoms with Crippen molar-refractivity contribution in [3.8, 4) is 11.8 Å². The van der Waals surface area contributed by atoms with Crippen molar-refractivity contribution < 1.29 is 9.53 Å². The third-order valence-corrected chi connectivity index (χ3v) is 3.36. The molecule has 0 aliphatic heterocycles. The van der Waals surface area contributed by atoms with Crippen LogP contribution in [0.2, 0.25) is 0 Å². The Bertz CT molecular complexity index is 738. The summed E-state index contributed by atoms with van der Waals surface area (Å²) >= 11 is 0. The number of ether oxygens (including phenoxy) is 1. The zero-order valence-electron chi connectivity index (χ0n) is 13.9. The number of carbonyl (C=O) groups is 1. The molecule has 1 aromatic heterocycles. The van der Waals surface area contributed by atoms with Gasteiger partial charge in [0.05, 0.1) is 5.69 Å². The third kappa shape index (κ3) is 5.33. The van der Waals surface area contributed by atoms with Crippen molar-refractivity contribution in [2.75, 3.05) is 12.3 Å². The van der Waals surface area contributed by atoms with Gasteiger partial charge < -0.3 is 15.8 Å². The molecule has 1 heterocycles. The lowest BCUT2D eigenvalue weighted by molar-refractivity contribution is 0.140. The molecule has 124 valence electrons. The Hall–Kier alpha value is -3.00. The van der Waals surface area contributed by atoms with Gasteiger partial charge in [-0.1, -0.05) is 42.2 Å². The first-order chi connectivity index (χ1) is 11.6. The maximum atomic E-state index is 11.6. The van der Waals surface area contributed by atoms with Crippen molar-refractivity contribution in [3.63, 3.8) is 0 Å². The Morgan fingerprint density at radius 1 is 1.29 bits per heavy atom. The second-order valence-electron chi connectivity index (χ2n) is 5.36. The molecule has 0 unspecified atom stereocenters. The largest absolute Gasteiger partial charge is 0.445 e. The molecule has 0 saturated heterocycles. The fraction of sp³-hybridized carbons (Fsp3) is 0.263. The molecule has 1 aromatic carbocycles. The van der Waals surface area contributed by atoms with Crippen molar-refractivity contribution in [2.45, 2.75) is 26.9 Å². The number of benzene rings is 1. The zero-order chi connectivity index (χ0) is 17.4. The van der Waals surface area contributed by atoms with Gasteiger partial charge in [0.2, 0.25) is 0 Å². The summed E-state index contributed by atoms with van der Waals surface area (Å²) in [5, 5.41) is 2.68. The van der Waals surface area contributed by atoms with E-state index in [1.165, 1.54) is 0 Å². The van der Waals surface area contributed by atoms with Crippen LogP contribution in [-0.4, -0.2) is 17.6 Å². The molecular formula is C19H21N3O2. The Labute approximate surface area is 142 Å². The van der Waals surface area contributed by atoms with Crippen LogP contribution in [0.25, 0.3) is 0 Å². The topological polar surface area (TPSA) is 77.2 Å². The number of anilines is 1. The van der Waals surface area contributed by atoms with Crippen LogP contribution in [0.4, 0.5) is 10.6 Å². The fourth-order valence-corrected chi connectivity index (χ4v) is 2.20. The van der Waals surface area contributed by atoms with E-state index in [-0.39, 0.29) is 6.61 Å². The van der Waals surface area contributed by atoms with E-state index in [0.29, 0.717) is 18.8 Å².